The zero-order chi connectivity index (χ0) is 43.8. The predicted molar refractivity (Wildman–Crippen MR) is 217 cm³/mol. The van der Waals surface area contributed by atoms with Crippen LogP contribution in [0.2, 0.25) is 0 Å². The van der Waals surface area contributed by atoms with Crippen molar-refractivity contribution in [2.45, 2.75) is 190 Å². The molecule has 19 unspecified atom stereocenters. The van der Waals surface area contributed by atoms with Crippen molar-refractivity contribution >= 4 is 12.3 Å². The van der Waals surface area contributed by atoms with Gasteiger partial charge in [0.05, 0.1) is 54.7 Å². The summed E-state index contributed by atoms with van der Waals surface area (Å²) in [5.74, 6) is -1.47. The molecule has 4 N–H and O–H groups in total. The Morgan fingerprint density at radius 2 is 1.56 bits per heavy atom. The lowest BCUT2D eigenvalue weighted by Crippen LogP contribution is -2.65. The van der Waals surface area contributed by atoms with Gasteiger partial charge in [-0.05, 0) is 93.9 Å². The molecule has 0 aromatic heterocycles. The summed E-state index contributed by atoms with van der Waals surface area (Å²) in [6.07, 6.45) is -1.56. The average Bonchev–Trinajstić information content (AvgIpc) is 3.13. The Labute approximate surface area is 351 Å². The highest BCUT2D eigenvalue weighted by Crippen LogP contribution is 2.37. The number of methoxy groups -OCH3 is 1. The van der Waals surface area contributed by atoms with Crippen molar-refractivity contribution in [1.29, 1.82) is 0 Å². The molecule has 0 spiro atoms. The van der Waals surface area contributed by atoms with Crippen LogP contribution in [0.3, 0.4) is 0 Å². The maximum Gasteiger partial charge on any atom is 0.308 e. The average molecular weight is 843 g/mol. The van der Waals surface area contributed by atoms with Gasteiger partial charge in [0.15, 0.2) is 18.9 Å². The van der Waals surface area contributed by atoms with E-state index in [1.54, 1.807) is 39.8 Å². The monoisotopic (exact) mass is 843 g/mol. The third-order valence-electron chi connectivity index (χ3n) is 12.4. The second-order valence-corrected chi connectivity index (χ2v) is 17.8. The Balaban J connectivity index is 1.66. The van der Waals surface area contributed by atoms with Crippen LogP contribution in [0.4, 0.5) is 0 Å². The van der Waals surface area contributed by atoms with E-state index in [1.807, 2.05) is 52.2 Å². The van der Waals surface area contributed by atoms with Crippen LogP contribution in [-0.2, 0) is 47.5 Å². The number of esters is 1. The maximum absolute atomic E-state index is 13.1. The minimum atomic E-state index is -1.47. The van der Waals surface area contributed by atoms with E-state index in [9.17, 15) is 30.0 Å². The van der Waals surface area contributed by atoms with E-state index in [1.165, 1.54) is 14.0 Å². The third-order valence-corrected chi connectivity index (χ3v) is 12.4. The molecule has 0 bridgehead atoms. The highest BCUT2D eigenvalue weighted by atomic mass is 16.7. The molecule has 0 radical (unpaired) electrons. The number of aliphatic hydroxyl groups is 4. The molecule has 4 aliphatic heterocycles. The molecule has 3 fully saturated rings. The Bertz CT molecular complexity index is 1370. The van der Waals surface area contributed by atoms with E-state index in [0.29, 0.717) is 19.3 Å². The normalized spacial score (nSPS) is 45.8. The molecule has 19 atom stereocenters. The third kappa shape index (κ3) is 13.3. The molecule has 16 heteroatoms. The number of hydrogen-bond donors (Lipinski definition) is 4. The first-order valence-corrected chi connectivity index (χ1v) is 21.3. The van der Waals surface area contributed by atoms with Crippen molar-refractivity contribution in [1.82, 2.24) is 9.80 Å². The topological polar surface area (TPSA) is 195 Å². The zero-order valence-electron chi connectivity index (χ0n) is 37.0. The predicted octanol–water partition coefficient (Wildman–Crippen LogP) is 2.33. The number of hydrogen-bond acceptors (Lipinski definition) is 16. The number of likely N-dealkylation sites (N-methyl/N-ethyl adjacent to an activating group) is 2. The Morgan fingerprint density at radius 1 is 0.864 bits per heavy atom. The molecule has 4 heterocycles. The number of carbonyl (C=O) groups excluding carboxylic acids is 2. The first-order valence-electron chi connectivity index (χ1n) is 21.3. The number of aliphatic hydroxyl groups excluding tert-OH is 3. The van der Waals surface area contributed by atoms with Crippen molar-refractivity contribution in [2.24, 2.45) is 11.8 Å². The molecule has 0 aliphatic carbocycles. The second kappa shape index (κ2) is 22.5. The Morgan fingerprint density at radius 3 is 2.17 bits per heavy atom. The van der Waals surface area contributed by atoms with Gasteiger partial charge in [-0.15, -0.1) is 0 Å². The molecule has 340 valence electrons. The largest absolute Gasteiger partial charge is 0.462 e. The van der Waals surface area contributed by atoms with Gasteiger partial charge >= 0.3 is 5.97 Å². The SMILES string of the molecule is COC1C(O)CC(=O)OC(C)C/C=C/C=C\C(OC2CCC(N(C)C)C(C)O2)C(C)CC(CC=O)C1OC1OC(C)C(OC2CC(C)(O)C(O)C(C)O2)C(N(C)C)C1O. The van der Waals surface area contributed by atoms with E-state index >= 15 is 0 Å². The van der Waals surface area contributed by atoms with Crippen LogP contribution < -0.4 is 0 Å². The van der Waals surface area contributed by atoms with Crippen LogP contribution in [0.5, 0.6) is 0 Å². The van der Waals surface area contributed by atoms with Crippen LogP contribution in [-0.4, -0.2) is 181 Å². The molecule has 4 rings (SSSR count). The van der Waals surface area contributed by atoms with E-state index in [-0.39, 0.29) is 30.9 Å². The van der Waals surface area contributed by atoms with Crippen molar-refractivity contribution in [3.8, 4) is 0 Å². The standard InChI is InChI=1S/C43H74N2O14/c1-24-21-29(19-20-46)39(59-42-37(49)36(45(9)10)38(27(4)56-42)58-35-23-43(6,51)41(50)28(5)55-35)40(52-11)31(47)22-33(48)53-25(2)15-13-12-14-16-32(24)57-34-18-17-30(44(7)8)26(3)54-34/h12-14,16,20,24-32,34-42,47,49-51H,15,17-19,21-23H2,1-11H3/b13-12+,16-14-. The van der Waals surface area contributed by atoms with E-state index in [4.69, 9.17) is 37.9 Å². The first-order chi connectivity index (χ1) is 27.8. The van der Waals surface area contributed by atoms with E-state index < -0.39 is 110 Å². The number of aldehydes is 1. The van der Waals surface area contributed by atoms with E-state index in [2.05, 4.69) is 4.90 Å². The molecule has 3 saturated heterocycles. The van der Waals surface area contributed by atoms with Crippen molar-refractivity contribution in [3.63, 3.8) is 0 Å². The fourth-order valence-corrected chi connectivity index (χ4v) is 9.10. The highest BCUT2D eigenvalue weighted by molar-refractivity contribution is 5.70. The fraction of sp³-hybridized carbons (Fsp3) is 0.860. The van der Waals surface area contributed by atoms with Gasteiger partial charge in [-0.1, -0.05) is 31.2 Å². The summed E-state index contributed by atoms with van der Waals surface area (Å²) in [4.78, 5) is 29.5. The lowest BCUT2D eigenvalue weighted by Gasteiger charge is -2.50. The summed E-state index contributed by atoms with van der Waals surface area (Å²) in [5, 5.41) is 45.1. The molecule has 0 aromatic rings. The van der Waals surface area contributed by atoms with Gasteiger partial charge in [-0.3, -0.25) is 4.79 Å². The van der Waals surface area contributed by atoms with Crippen LogP contribution >= 0.6 is 0 Å². The van der Waals surface area contributed by atoms with Gasteiger partial charge in [-0.25, -0.2) is 0 Å². The van der Waals surface area contributed by atoms with Gasteiger partial charge in [0.1, 0.15) is 36.8 Å². The van der Waals surface area contributed by atoms with E-state index in [0.717, 1.165) is 12.7 Å². The molecule has 0 aromatic carbocycles. The number of cyclic esters (lactones) is 1. The molecule has 4 aliphatic rings. The first kappa shape index (κ1) is 49.8. The zero-order valence-corrected chi connectivity index (χ0v) is 37.0. The number of allylic oxidation sites excluding steroid dienone is 2. The lowest BCUT2D eigenvalue weighted by atomic mass is 9.82. The van der Waals surface area contributed by atoms with Crippen molar-refractivity contribution in [2.75, 3.05) is 35.3 Å². The van der Waals surface area contributed by atoms with Crippen LogP contribution in [0, 0.1) is 11.8 Å². The lowest BCUT2D eigenvalue weighted by molar-refractivity contribution is -0.344. The molecular weight excluding hydrogens is 768 g/mol. The summed E-state index contributed by atoms with van der Waals surface area (Å²) < 4.78 is 50.0. The van der Waals surface area contributed by atoms with Crippen LogP contribution in [0.15, 0.2) is 24.3 Å². The van der Waals surface area contributed by atoms with Gasteiger partial charge in [-0.2, -0.15) is 0 Å². The fourth-order valence-electron chi connectivity index (χ4n) is 9.10. The molecule has 0 amide bonds. The van der Waals surface area contributed by atoms with Gasteiger partial charge in [0, 0.05) is 32.4 Å². The van der Waals surface area contributed by atoms with Gasteiger partial charge in [0.25, 0.3) is 0 Å². The summed E-state index contributed by atoms with van der Waals surface area (Å²) in [7, 11) is 9.03. The van der Waals surface area contributed by atoms with Crippen LogP contribution in [0.1, 0.15) is 86.5 Å². The molecule has 59 heavy (non-hydrogen) atoms. The number of carbonyl (C=O) groups is 2. The van der Waals surface area contributed by atoms with Crippen LogP contribution in [0.25, 0.3) is 0 Å². The summed E-state index contributed by atoms with van der Waals surface area (Å²) in [6.45, 7) is 10.8. The number of ether oxygens (including phenoxy) is 8. The summed E-state index contributed by atoms with van der Waals surface area (Å²) in [6, 6.07) is -0.466. The van der Waals surface area contributed by atoms with Gasteiger partial charge < -0.3 is 72.9 Å². The minimum Gasteiger partial charge on any atom is -0.462 e. The second-order valence-electron chi connectivity index (χ2n) is 17.8. The van der Waals surface area contributed by atoms with Crippen molar-refractivity contribution in [3.05, 3.63) is 24.3 Å². The Kier molecular flexibility index (Phi) is 18.9. The number of rotatable bonds is 11. The summed E-state index contributed by atoms with van der Waals surface area (Å²) >= 11 is 0. The highest BCUT2D eigenvalue weighted by Gasteiger charge is 2.52. The maximum atomic E-state index is 13.1. The number of nitrogens with zero attached hydrogens (tertiary/aromatic N) is 2. The molecule has 16 nitrogen and oxygen atoms in total. The molecular formula is C43H74N2O14. The van der Waals surface area contributed by atoms with Crippen molar-refractivity contribution < 1.29 is 67.9 Å². The Hall–Kier alpha value is -1.90. The minimum absolute atomic E-state index is 0.00885. The quantitative estimate of drug-likeness (QED) is 0.175. The summed E-state index contributed by atoms with van der Waals surface area (Å²) in [5.41, 5.74) is -1.47. The molecule has 0 saturated carbocycles. The smallest absolute Gasteiger partial charge is 0.308 e. The van der Waals surface area contributed by atoms with Gasteiger partial charge in [0.2, 0.25) is 0 Å².